The number of ether oxygens (including phenoxy) is 1. The minimum absolute atomic E-state index is 0.127. The molecular formula is C23H34N4O3. The number of rotatable bonds is 6. The van der Waals surface area contributed by atoms with Crippen LogP contribution in [0.15, 0.2) is 18.2 Å². The molecule has 0 radical (unpaired) electrons. The molecule has 1 aromatic rings. The molecule has 3 aliphatic rings. The highest BCUT2D eigenvalue weighted by molar-refractivity contribution is 5.78. The minimum atomic E-state index is -0.140. The van der Waals surface area contributed by atoms with E-state index in [4.69, 9.17) is 4.74 Å². The number of nitrogens with one attached hydrogen (secondary N) is 2. The molecule has 1 saturated heterocycles. The lowest BCUT2D eigenvalue weighted by molar-refractivity contribution is -0.132. The number of amides is 3. The number of hydrogen-bond acceptors (Lipinski definition) is 4. The van der Waals surface area contributed by atoms with Crippen LogP contribution in [0.4, 0.5) is 4.79 Å². The Kier molecular flexibility index (Phi) is 7.10. The van der Waals surface area contributed by atoms with Crippen molar-refractivity contribution in [2.24, 2.45) is 0 Å². The quantitative estimate of drug-likeness (QED) is 0.749. The summed E-state index contributed by atoms with van der Waals surface area (Å²) in [7, 11) is 0. The summed E-state index contributed by atoms with van der Waals surface area (Å²) in [4.78, 5) is 28.8. The van der Waals surface area contributed by atoms with Gasteiger partial charge in [-0.1, -0.05) is 31.4 Å². The van der Waals surface area contributed by atoms with Crippen LogP contribution < -0.4 is 15.4 Å². The van der Waals surface area contributed by atoms with E-state index in [0.717, 1.165) is 64.3 Å². The van der Waals surface area contributed by atoms with Gasteiger partial charge in [-0.25, -0.2) is 4.79 Å². The van der Waals surface area contributed by atoms with Crippen molar-refractivity contribution in [3.05, 3.63) is 29.3 Å². The van der Waals surface area contributed by atoms with E-state index in [2.05, 4.69) is 33.7 Å². The van der Waals surface area contributed by atoms with E-state index in [0.29, 0.717) is 19.0 Å². The standard InChI is InChI=1S/C23H34N4O3/c28-22(8-10-24-23(29)25-20-4-2-1-3-5-20)27-13-11-26(12-14-27)17-18-6-7-21-19(16-18)9-15-30-21/h6-7,16,20H,1-5,8-15,17H2,(H2,24,25,29). The van der Waals surface area contributed by atoms with Gasteiger partial charge in [-0.05, 0) is 30.0 Å². The molecule has 3 amide bonds. The number of carbonyl (C=O) groups excluding carboxylic acids is 2. The van der Waals surface area contributed by atoms with Crippen LogP contribution in [0.3, 0.4) is 0 Å². The first-order valence-corrected chi connectivity index (χ1v) is 11.5. The molecule has 1 aromatic carbocycles. The second-order valence-electron chi connectivity index (χ2n) is 8.68. The topological polar surface area (TPSA) is 73.9 Å². The predicted octanol–water partition coefficient (Wildman–Crippen LogP) is 2.29. The van der Waals surface area contributed by atoms with E-state index < -0.39 is 0 Å². The molecule has 0 unspecified atom stereocenters. The number of hydrogen-bond donors (Lipinski definition) is 2. The monoisotopic (exact) mass is 414 g/mol. The SMILES string of the molecule is O=C(NCCC(=O)N1CCN(Cc2ccc3c(c2)CCO3)CC1)NC1CCCCC1. The van der Waals surface area contributed by atoms with Gasteiger partial charge in [0.2, 0.25) is 5.91 Å². The Morgan fingerprint density at radius 2 is 1.87 bits per heavy atom. The van der Waals surface area contributed by atoms with Crippen LogP contribution in [0.25, 0.3) is 0 Å². The molecule has 4 rings (SSSR count). The molecule has 1 aliphatic carbocycles. The number of piperazine rings is 1. The van der Waals surface area contributed by atoms with Crippen molar-refractivity contribution in [3.63, 3.8) is 0 Å². The summed E-state index contributed by atoms with van der Waals surface area (Å²) < 4.78 is 5.58. The highest BCUT2D eigenvalue weighted by Crippen LogP contribution is 2.26. The molecule has 0 bridgehead atoms. The fourth-order valence-electron chi connectivity index (χ4n) is 4.68. The summed E-state index contributed by atoms with van der Waals surface area (Å²) in [6, 6.07) is 6.63. The fraction of sp³-hybridized carbons (Fsp3) is 0.652. The average Bonchev–Trinajstić information content (AvgIpc) is 3.23. The van der Waals surface area contributed by atoms with E-state index in [-0.39, 0.29) is 11.9 Å². The molecule has 2 N–H and O–H groups in total. The van der Waals surface area contributed by atoms with Gasteiger partial charge in [-0.15, -0.1) is 0 Å². The van der Waals surface area contributed by atoms with E-state index in [1.807, 2.05) is 4.90 Å². The number of urea groups is 1. The van der Waals surface area contributed by atoms with Gasteiger partial charge in [0.25, 0.3) is 0 Å². The molecule has 0 spiro atoms. The maximum atomic E-state index is 12.5. The van der Waals surface area contributed by atoms with Crippen LogP contribution in [-0.4, -0.2) is 67.1 Å². The van der Waals surface area contributed by atoms with Crippen LogP contribution in [-0.2, 0) is 17.8 Å². The van der Waals surface area contributed by atoms with Crippen molar-refractivity contribution in [2.45, 2.75) is 57.5 Å². The first kappa shape index (κ1) is 21.0. The first-order valence-electron chi connectivity index (χ1n) is 11.5. The Balaban J connectivity index is 1.12. The third-order valence-electron chi connectivity index (χ3n) is 6.45. The van der Waals surface area contributed by atoms with Crippen molar-refractivity contribution < 1.29 is 14.3 Å². The average molecular weight is 415 g/mol. The first-order chi connectivity index (χ1) is 14.7. The van der Waals surface area contributed by atoms with Gasteiger partial charge >= 0.3 is 6.03 Å². The Morgan fingerprint density at radius 1 is 1.07 bits per heavy atom. The van der Waals surface area contributed by atoms with Gasteiger partial charge in [0, 0.05) is 58.2 Å². The lowest BCUT2D eigenvalue weighted by Gasteiger charge is -2.35. The molecular weight excluding hydrogens is 380 g/mol. The summed E-state index contributed by atoms with van der Waals surface area (Å²) in [5.74, 6) is 1.15. The van der Waals surface area contributed by atoms with Gasteiger partial charge in [-0.2, -0.15) is 0 Å². The molecule has 7 nitrogen and oxygen atoms in total. The van der Waals surface area contributed by atoms with Crippen molar-refractivity contribution in [1.29, 1.82) is 0 Å². The fourth-order valence-corrected chi connectivity index (χ4v) is 4.68. The highest BCUT2D eigenvalue weighted by atomic mass is 16.5. The van der Waals surface area contributed by atoms with Crippen LogP contribution in [0, 0.1) is 0 Å². The summed E-state index contributed by atoms with van der Waals surface area (Å²) in [6.07, 6.45) is 7.14. The lowest BCUT2D eigenvalue weighted by Crippen LogP contribution is -2.49. The molecule has 30 heavy (non-hydrogen) atoms. The zero-order chi connectivity index (χ0) is 20.8. The normalized spacial score (nSPS) is 19.8. The van der Waals surface area contributed by atoms with Crippen molar-refractivity contribution in [1.82, 2.24) is 20.4 Å². The Bertz CT molecular complexity index is 740. The maximum absolute atomic E-state index is 12.5. The predicted molar refractivity (Wildman–Crippen MR) is 116 cm³/mol. The molecule has 2 aliphatic heterocycles. The summed E-state index contributed by atoms with van der Waals surface area (Å²) in [6.45, 7) is 5.37. The zero-order valence-electron chi connectivity index (χ0n) is 17.8. The second-order valence-corrected chi connectivity index (χ2v) is 8.68. The van der Waals surface area contributed by atoms with Crippen molar-refractivity contribution >= 4 is 11.9 Å². The van der Waals surface area contributed by atoms with Gasteiger partial charge < -0.3 is 20.3 Å². The summed E-state index contributed by atoms with van der Waals surface area (Å²) in [5, 5.41) is 5.87. The molecule has 0 atom stereocenters. The molecule has 164 valence electrons. The summed E-state index contributed by atoms with van der Waals surface area (Å²) >= 11 is 0. The number of fused-ring (bicyclic) bond motifs is 1. The number of benzene rings is 1. The second kappa shape index (κ2) is 10.2. The Labute approximate surface area is 179 Å². The minimum Gasteiger partial charge on any atom is -0.493 e. The van der Waals surface area contributed by atoms with E-state index in [9.17, 15) is 9.59 Å². The molecule has 2 heterocycles. The molecule has 7 heteroatoms. The van der Waals surface area contributed by atoms with Crippen LogP contribution >= 0.6 is 0 Å². The number of carbonyl (C=O) groups is 2. The number of nitrogens with zero attached hydrogens (tertiary/aromatic N) is 2. The maximum Gasteiger partial charge on any atom is 0.315 e. The van der Waals surface area contributed by atoms with Gasteiger partial charge in [-0.3, -0.25) is 9.69 Å². The smallest absolute Gasteiger partial charge is 0.315 e. The Morgan fingerprint density at radius 3 is 2.67 bits per heavy atom. The van der Waals surface area contributed by atoms with Crippen LogP contribution in [0.5, 0.6) is 5.75 Å². The van der Waals surface area contributed by atoms with Crippen LogP contribution in [0.2, 0.25) is 0 Å². The van der Waals surface area contributed by atoms with Gasteiger partial charge in [0.1, 0.15) is 5.75 Å². The largest absolute Gasteiger partial charge is 0.493 e. The summed E-state index contributed by atoms with van der Waals surface area (Å²) in [5.41, 5.74) is 2.62. The van der Waals surface area contributed by atoms with Gasteiger partial charge in [0.15, 0.2) is 0 Å². The third-order valence-corrected chi connectivity index (χ3v) is 6.45. The van der Waals surface area contributed by atoms with Crippen molar-refractivity contribution in [3.8, 4) is 5.75 Å². The van der Waals surface area contributed by atoms with Crippen LogP contribution in [0.1, 0.15) is 49.7 Å². The zero-order valence-corrected chi connectivity index (χ0v) is 17.8. The van der Waals surface area contributed by atoms with E-state index in [1.165, 1.54) is 30.4 Å². The molecule has 0 aromatic heterocycles. The lowest BCUT2D eigenvalue weighted by atomic mass is 9.96. The third kappa shape index (κ3) is 5.65. The molecule has 2 fully saturated rings. The molecule has 1 saturated carbocycles. The Hall–Kier alpha value is -2.28. The van der Waals surface area contributed by atoms with Crippen molar-refractivity contribution in [2.75, 3.05) is 39.3 Å². The highest BCUT2D eigenvalue weighted by Gasteiger charge is 2.22. The van der Waals surface area contributed by atoms with E-state index in [1.54, 1.807) is 0 Å². The van der Waals surface area contributed by atoms with E-state index >= 15 is 0 Å². The van der Waals surface area contributed by atoms with Gasteiger partial charge in [0.05, 0.1) is 6.61 Å².